The van der Waals surface area contributed by atoms with Crippen molar-refractivity contribution in [2.45, 2.75) is 51.2 Å². The van der Waals surface area contributed by atoms with Crippen molar-refractivity contribution in [3.63, 3.8) is 0 Å². The zero-order valence-corrected chi connectivity index (χ0v) is 8.60. The molecule has 0 fully saturated rings. The highest BCUT2D eigenvalue weighted by Gasteiger charge is 2.15. The summed E-state index contributed by atoms with van der Waals surface area (Å²) < 4.78 is 29.7. The summed E-state index contributed by atoms with van der Waals surface area (Å²) in [6.45, 7) is 3.65. The van der Waals surface area contributed by atoms with Crippen molar-refractivity contribution in [3.8, 4) is 0 Å². The second-order valence-electron chi connectivity index (χ2n) is 3.17. The van der Waals surface area contributed by atoms with Crippen LogP contribution in [-0.2, 0) is 10.1 Å². The fourth-order valence-corrected chi connectivity index (χ4v) is 1.47. The molecule has 0 amide bonds. The molecule has 0 saturated carbocycles. The average Bonchev–Trinajstić information content (AvgIpc) is 1.96. The van der Waals surface area contributed by atoms with E-state index in [9.17, 15) is 8.42 Å². The fraction of sp³-hybridized carbons (Fsp3) is 1.00. The fourth-order valence-electron chi connectivity index (χ4n) is 1.01. The highest BCUT2D eigenvalue weighted by atomic mass is 32.2. The highest BCUT2D eigenvalue weighted by Crippen LogP contribution is 2.10. The van der Waals surface area contributed by atoms with Crippen LogP contribution in [0.15, 0.2) is 0 Å². The van der Waals surface area contributed by atoms with Crippen molar-refractivity contribution in [1.82, 2.24) is 0 Å². The molecule has 1 unspecified atom stereocenters. The minimum atomic E-state index is -3.79. The molecule has 0 saturated heterocycles. The summed E-state index contributed by atoms with van der Waals surface area (Å²) in [5.74, 6) is 0. The van der Waals surface area contributed by atoms with Crippen LogP contribution in [-0.4, -0.2) is 18.2 Å². The molecular weight excluding hydrogens is 176 g/mol. The summed E-state index contributed by atoms with van der Waals surface area (Å²) in [4.78, 5) is 0. The SMILES string of the molecule is CCCCCCC(C)S(=O)(=O)O. The first kappa shape index (κ1) is 11.9. The summed E-state index contributed by atoms with van der Waals surface area (Å²) >= 11 is 0. The maximum Gasteiger partial charge on any atom is 0.267 e. The van der Waals surface area contributed by atoms with Gasteiger partial charge in [-0.2, -0.15) is 8.42 Å². The van der Waals surface area contributed by atoms with Crippen molar-refractivity contribution >= 4 is 10.1 Å². The van der Waals surface area contributed by atoms with Gasteiger partial charge in [0.05, 0.1) is 5.25 Å². The van der Waals surface area contributed by atoms with Crippen LogP contribution in [0.25, 0.3) is 0 Å². The highest BCUT2D eigenvalue weighted by molar-refractivity contribution is 7.86. The van der Waals surface area contributed by atoms with Crippen molar-refractivity contribution in [2.75, 3.05) is 0 Å². The molecule has 12 heavy (non-hydrogen) atoms. The molecule has 0 bridgehead atoms. The number of rotatable bonds is 6. The Labute approximate surface area is 74.9 Å². The molecule has 0 aromatic carbocycles. The zero-order valence-electron chi connectivity index (χ0n) is 7.78. The van der Waals surface area contributed by atoms with E-state index in [0.29, 0.717) is 6.42 Å². The van der Waals surface area contributed by atoms with E-state index in [1.807, 2.05) is 0 Å². The Morgan fingerprint density at radius 3 is 2.25 bits per heavy atom. The van der Waals surface area contributed by atoms with Crippen molar-refractivity contribution in [2.24, 2.45) is 0 Å². The predicted octanol–water partition coefficient (Wildman–Crippen LogP) is 2.23. The Bertz CT molecular complexity index is 196. The third-order valence-corrected chi connectivity index (χ3v) is 3.23. The van der Waals surface area contributed by atoms with Crippen molar-refractivity contribution in [1.29, 1.82) is 0 Å². The van der Waals surface area contributed by atoms with Crippen LogP contribution in [0.2, 0.25) is 0 Å². The third kappa shape index (κ3) is 5.55. The van der Waals surface area contributed by atoms with Gasteiger partial charge in [0.1, 0.15) is 0 Å². The summed E-state index contributed by atoms with van der Waals surface area (Å²) in [5, 5.41) is -0.602. The van der Waals surface area contributed by atoms with Crippen molar-refractivity contribution in [3.05, 3.63) is 0 Å². The monoisotopic (exact) mass is 194 g/mol. The van der Waals surface area contributed by atoms with Crippen LogP contribution >= 0.6 is 0 Å². The number of hydrogen-bond acceptors (Lipinski definition) is 2. The maximum absolute atomic E-state index is 10.6. The van der Waals surface area contributed by atoms with Gasteiger partial charge in [-0.3, -0.25) is 4.55 Å². The van der Waals surface area contributed by atoms with E-state index >= 15 is 0 Å². The molecular formula is C8H18O3S. The van der Waals surface area contributed by atoms with Gasteiger partial charge in [0.2, 0.25) is 0 Å². The maximum atomic E-state index is 10.6. The molecule has 0 aliphatic carbocycles. The summed E-state index contributed by atoms with van der Waals surface area (Å²) in [5.41, 5.74) is 0. The molecule has 0 aromatic rings. The van der Waals surface area contributed by atoms with Gasteiger partial charge < -0.3 is 0 Å². The second-order valence-corrected chi connectivity index (χ2v) is 5.01. The van der Waals surface area contributed by atoms with Gasteiger partial charge in [-0.15, -0.1) is 0 Å². The number of unbranched alkanes of at least 4 members (excludes halogenated alkanes) is 3. The molecule has 0 spiro atoms. The lowest BCUT2D eigenvalue weighted by molar-refractivity contribution is 0.462. The Kier molecular flexibility index (Phi) is 5.50. The Morgan fingerprint density at radius 1 is 1.25 bits per heavy atom. The van der Waals surface area contributed by atoms with E-state index in [-0.39, 0.29) is 0 Å². The minimum Gasteiger partial charge on any atom is -0.285 e. The van der Waals surface area contributed by atoms with Gasteiger partial charge in [0.15, 0.2) is 0 Å². The molecule has 1 N–H and O–H groups in total. The molecule has 1 atom stereocenters. The molecule has 0 aromatic heterocycles. The third-order valence-electron chi connectivity index (χ3n) is 1.97. The van der Waals surface area contributed by atoms with Crippen molar-refractivity contribution < 1.29 is 13.0 Å². The van der Waals surface area contributed by atoms with E-state index in [1.54, 1.807) is 6.92 Å². The zero-order chi connectivity index (χ0) is 9.61. The van der Waals surface area contributed by atoms with Gasteiger partial charge in [-0.05, 0) is 13.3 Å². The summed E-state index contributed by atoms with van der Waals surface area (Å²) in [6.07, 6.45) is 4.78. The molecule has 0 radical (unpaired) electrons. The quantitative estimate of drug-likeness (QED) is 0.521. The van der Waals surface area contributed by atoms with E-state index in [2.05, 4.69) is 6.92 Å². The largest absolute Gasteiger partial charge is 0.285 e. The second kappa shape index (κ2) is 5.54. The van der Waals surface area contributed by atoms with Crippen LogP contribution in [0.3, 0.4) is 0 Å². The standard InChI is InChI=1S/C8H18O3S/c1-3-4-5-6-7-8(2)12(9,10)11/h8H,3-7H2,1-2H3,(H,9,10,11). The Balaban J connectivity index is 3.52. The van der Waals surface area contributed by atoms with Crippen LogP contribution in [0.4, 0.5) is 0 Å². The summed E-state index contributed by atoms with van der Waals surface area (Å²) in [6, 6.07) is 0. The Hall–Kier alpha value is -0.0900. The van der Waals surface area contributed by atoms with Gasteiger partial charge in [-0.1, -0.05) is 32.6 Å². The van der Waals surface area contributed by atoms with Crippen LogP contribution < -0.4 is 0 Å². The van der Waals surface area contributed by atoms with Crippen LogP contribution in [0.5, 0.6) is 0 Å². The van der Waals surface area contributed by atoms with Gasteiger partial charge in [0, 0.05) is 0 Å². The van der Waals surface area contributed by atoms with E-state index in [1.165, 1.54) is 0 Å². The average molecular weight is 194 g/mol. The van der Waals surface area contributed by atoms with Crippen LogP contribution in [0.1, 0.15) is 46.0 Å². The first-order valence-corrected chi connectivity index (χ1v) is 5.95. The molecule has 3 nitrogen and oxygen atoms in total. The topological polar surface area (TPSA) is 54.4 Å². The lowest BCUT2D eigenvalue weighted by Gasteiger charge is -2.06. The van der Waals surface area contributed by atoms with E-state index < -0.39 is 15.4 Å². The molecule has 0 aliphatic heterocycles. The molecule has 4 heteroatoms. The molecule has 0 heterocycles. The smallest absolute Gasteiger partial charge is 0.267 e. The first-order chi connectivity index (χ1) is 5.48. The molecule has 0 aliphatic rings. The van der Waals surface area contributed by atoms with E-state index in [0.717, 1.165) is 25.7 Å². The normalized spacial score (nSPS) is 14.6. The molecule has 74 valence electrons. The van der Waals surface area contributed by atoms with Gasteiger partial charge >= 0.3 is 0 Å². The lowest BCUT2D eigenvalue weighted by Crippen LogP contribution is -2.15. The van der Waals surface area contributed by atoms with Gasteiger partial charge in [0.25, 0.3) is 10.1 Å². The first-order valence-electron chi connectivity index (χ1n) is 4.44. The Morgan fingerprint density at radius 2 is 1.83 bits per heavy atom. The van der Waals surface area contributed by atoms with E-state index in [4.69, 9.17) is 4.55 Å². The molecule has 0 rings (SSSR count). The van der Waals surface area contributed by atoms with Crippen LogP contribution in [0, 0.1) is 0 Å². The lowest BCUT2D eigenvalue weighted by atomic mass is 10.1. The van der Waals surface area contributed by atoms with Gasteiger partial charge in [-0.25, -0.2) is 0 Å². The minimum absolute atomic E-state index is 0.568. The number of hydrogen-bond donors (Lipinski definition) is 1. The summed E-state index contributed by atoms with van der Waals surface area (Å²) in [7, 11) is -3.79. The predicted molar refractivity (Wildman–Crippen MR) is 49.8 cm³/mol.